The van der Waals surface area contributed by atoms with E-state index in [-0.39, 0.29) is 0 Å². The Bertz CT molecular complexity index is 908. The molecule has 0 spiro atoms. The van der Waals surface area contributed by atoms with Gasteiger partial charge in [-0.15, -0.1) is 0 Å². The number of benzene rings is 2. The highest BCUT2D eigenvalue weighted by Crippen LogP contribution is 2.31. The number of pyridine rings is 1. The number of rotatable bonds is 8. The van der Waals surface area contributed by atoms with Crippen molar-refractivity contribution in [3.63, 3.8) is 0 Å². The van der Waals surface area contributed by atoms with Gasteiger partial charge in [0.2, 0.25) is 0 Å². The van der Waals surface area contributed by atoms with E-state index in [1.54, 1.807) is 0 Å². The molecule has 0 aliphatic rings. The standard InChI is InChI=1S/C25H30N4.C2H6/c1-18(2)22-15-23(28-25(27-4)24(22)19(3)26)29(16-20-11-7-5-8-12-20)17-21-13-9-6-10-14-21;1-2/h5-15,18,26H,16-17H2,1-4H3,(H,27,28);1-2H3. The molecular formula is C27H36N4. The quantitative estimate of drug-likeness (QED) is 0.394. The molecule has 2 aromatic carbocycles. The van der Waals surface area contributed by atoms with Crippen molar-refractivity contribution in [3.8, 4) is 0 Å². The van der Waals surface area contributed by atoms with Crippen LogP contribution in [-0.2, 0) is 13.1 Å². The molecule has 3 aromatic rings. The molecule has 4 heteroatoms. The monoisotopic (exact) mass is 416 g/mol. The molecule has 164 valence electrons. The highest BCUT2D eigenvalue weighted by atomic mass is 15.2. The van der Waals surface area contributed by atoms with Gasteiger partial charge in [0, 0.05) is 31.4 Å². The molecule has 0 aliphatic heterocycles. The van der Waals surface area contributed by atoms with E-state index in [2.05, 4.69) is 78.7 Å². The zero-order valence-corrected chi connectivity index (χ0v) is 19.7. The molecule has 0 atom stereocenters. The van der Waals surface area contributed by atoms with E-state index in [1.165, 1.54) is 11.1 Å². The van der Waals surface area contributed by atoms with E-state index in [0.717, 1.165) is 35.9 Å². The van der Waals surface area contributed by atoms with Gasteiger partial charge in [0.25, 0.3) is 0 Å². The first-order valence-corrected chi connectivity index (χ1v) is 11.1. The highest BCUT2D eigenvalue weighted by molar-refractivity contribution is 6.02. The maximum absolute atomic E-state index is 8.26. The summed E-state index contributed by atoms with van der Waals surface area (Å²) in [4.78, 5) is 7.23. The van der Waals surface area contributed by atoms with E-state index in [9.17, 15) is 0 Å². The minimum Gasteiger partial charge on any atom is -0.373 e. The number of aromatic nitrogens is 1. The second-order valence-corrected chi connectivity index (χ2v) is 7.65. The molecule has 31 heavy (non-hydrogen) atoms. The van der Waals surface area contributed by atoms with Gasteiger partial charge in [0.05, 0.1) is 0 Å². The molecule has 0 saturated carbocycles. The third-order valence-corrected chi connectivity index (χ3v) is 5.03. The Morgan fingerprint density at radius 3 is 1.81 bits per heavy atom. The Labute approximate surface area is 187 Å². The van der Waals surface area contributed by atoms with E-state index in [0.29, 0.717) is 11.6 Å². The summed E-state index contributed by atoms with van der Waals surface area (Å²) < 4.78 is 0. The summed E-state index contributed by atoms with van der Waals surface area (Å²) in [7, 11) is 1.88. The van der Waals surface area contributed by atoms with Crippen molar-refractivity contribution in [2.75, 3.05) is 17.3 Å². The molecule has 0 fully saturated rings. The summed E-state index contributed by atoms with van der Waals surface area (Å²) in [6.07, 6.45) is 0. The molecule has 0 amide bonds. The maximum atomic E-state index is 8.26. The predicted octanol–water partition coefficient (Wildman–Crippen LogP) is 6.87. The van der Waals surface area contributed by atoms with E-state index >= 15 is 0 Å². The Hall–Kier alpha value is -3.14. The van der Waals surface area contributed by atoms with Crippen LogP contribution in [0.25, 0.3) is 0 Å². The molecule has 1 aromatic heterocycles. The molecule has 1 heterocycles. The average molecular weight is 417 g/mol. The molecular weight excluding hydrogens is 380 g/mol. The lowest BCUT2D eigenvalue weighted by molar-refractivity contribution is 0.777. The topological polar surface area (TPSA) is 52.0 Å². The first-order valence-electron chi connectivity index (χ1n) is 11.1. The van der Waals surface area contributed by atoms with Gasteiger partial charge in [-0.3, -0.25) is 0 Å². The van der Waals surface area contributed by atoms with Crippen LogP contribution in [0.5, 0.6) is 0 Å². The van der Waals surface area contributed by atoms with Gasteiger partial charge in [0.15, 0.2) is 0 Å². The van der Waals surface area contributed by atoms with Crippen LogP contribution in [0, 0.1) is 5.41 Å². The first kappa shape index (κ1) is 24.1. The number of hydrogen-bond donors (Lipinski definition) is 2. The molecule has 0 aliphatic carbocycles. The average Bonchev–Trinajstić information content (AvgIpc) is 2.80. The SMILES string of the molecule is CC.CNc1nc(N(Cc2ccccc2)Cc2ccccc2)cc(C(C)C)c1C(C)=N. The van der Waals surface area contributed by atoms with Crippen molar-refractivity contribution in [1.82, 2.24) is 4.98 Å². The smallest absolute Gasteiger partial charge is 0.137 e. The lowest BCUT2D eigenvalue weighted by Gasteiger charge is -2.27. The summed E-state index contributed by atoms with van der Waals surface area (Å²) in [5.74, 6) is 2.00. The molecule has 0 saturated heterocycles. The fourth-order valence-corrected chi connectivity index (χ4v) is 3.57. The lowest BCUT2D eigenvalue weighted by Crippen LogP contribution is -2.24. The van der Waals surface area contributed by atoms with Gasteiger partial charge in [-0.2, -0.15) is 0 Å². The maximum Gasteiger partial charge on any atom is 0.137 e. The largest absolute Gasteiger partial charge is 0.373 e. The van der Waals surface area contributed by atoms with E-state index < -0.39 is 0 Å². The summed E-state index contributed by atoms with van der Waals surface area (Å²) in [5, 5.41) is 11.5. The number of anilines is 2. The minimum absolute atomic E-state index is 0.300. The molecule has 0 unspecified atom stereocenters. The normalized spacial score (nSPS) is 10.3. The summed E-state index contributed by atoms with van der Waals surface area (Å²) in [5.41, 5.74) is 5.09. The fraction of sp³-hybridized carbons (Fsp3) is 0.333. The highest BCUT2D eigenvalue weighted by Gasteiger charge is 2.19. The van der Waals surface area contributed by atoms with Gasteiger partial charge in [-0.25, -0.2) is 4.98 Å². The van der Waals surface area contributed by atoms with Gasteiger partial charge in [0.1, 0.15) is 11.6 Å². The Kier molecular flexibility index (Phi) is 9.26. The number of hydrogen-bond acceptors (Lipinski definition) is 4. The van der Waals surface area contributed by atoms with Crippen molar-refractivity contribution >= 4 is 17.3 Å². The molecule has 0 bridgehead atoms. The minimum atomic E-state index is 0.300. The van der Waals surface area contributed by atoms with Crippen LogP contribution in [0.4, 0.5) is 11.6 Å². The lowest BCUT2D eigenvalue weighted by atomic mass is 9.95. The van der Waals surface area contributed by atoms with Crippen molar-refractivity contribution < 1.29 is 0 Å². The van der Waals surface area contributed by atoms with Crippen molar-refractivity contribution in [2.24, 2.45) is 0 Å². The van der Waals surface area contributed by atoms with Crippen LogP contribution in [0.2, 0.25) is 0 Å². The Morgan fingerprint density at radius 2 is 1.42 bits per heavy atom. The molecule has 4 nitrogen and oxygen atoms in total. The van der Waals surface area contributed by atoms with Gasteiger partial charge >= 0.3 is 0 Å². The van der Waals surface area contributed by atoms with Crippen LogP contribution in [0.3, 0.4) is 0 Å². The zero-order chi connectivity index (χ0) is 22.8. The van der Waals surface area contributed by atoms with Crippen molar-refractivity contribution in [2.45, 2.75) is 53.6 Å². The van der Waals surface area contributed by atoms with Crippen LogP contribution >= 0.6 is 0 Å². The Morgan fingerprint density at radius 1 is 0.935 bits per heavy atom. The van der Waals surface area contributed by atoms with E-state index in [1.807, 2.05) is 40.0 Å². The Balaban J connectivity index is 0.00000166. The van der Waals surface area contributed by atoms with Crippen LogP contribution in [-0.4, -0.2) is 17.7 Å². The summed E-state index contributed by atoms with van der Waals surface area (Å²) in [6, 6.07) is 23.1. The zero-order valence-electron chi connectivity index (χ0n) is 19.7. The summed E-state index contributed by atoms with van der Waals surface area (Å²) in [6.45, 7) is 11.7. The van der Waals surface area contributed by atoms with Gasteiger partial charge in [-0.1, -0.05) is 88.4 Å². The van der Waals surface area contributed by atoms with Crippen LogP contribution in [0.1, 0.15) is 62.8 Å². The molecule has 0 radical (unpaired) electrons. The number of nitrogens with zero attached hydrogens (tertiary/aromatic N) is 2. The molecule has 3 rings (SSSR count). The van der Waals surface area contributed by atoms with Gasteiger partial charge < -0.3 is 15.6 Å². The van der Waals surface area contributed by atoms with E-state index in [4.69, 9.17) is 10.4 Å². The second kappa shape index (κ2) is 11.9. The third-order valence-electron chi connectivity index (χ3n) is 5.03. The van der Waals surface area contributed by atoms with Gasteiger partial charge in [-0.05, 0) is 35.6 Å². The predicted molar refractivity (Wildman–Crippen MR) is 134 cm³/mol. The second-order valence-electron chi connectivity index (χ2n) is 7.65. The third kappa shape index (κ3) is 6.42. The van der Waals surface area contributed by atoms with Crippen molar-refractivity contribution in [3.05, 3.63) is 89.0 Å². The van der Waals surface area contributed by atoms with Crippen LogP contribution < -0.4 is 10.2 Å². The van der Waals surface area contributed by atoms with Crippen LogP contribution in [0.15, 0.2) is 66.7 Å². The first-order chi connectivity index (χ1) is 15.0. The number of nitrogens with one attached hydrogen (secondary N) is 2. The fourth-order valence-electron chi connectivity index (χ4n) is 3.57. The van der Waals surface area contributed by atoms with Crippen molar-refractivity contribution in [1.29, 1.82) is 5.41 Å². The summed E-state index contributed by atoms with van der Waals surface area (Å²) >= 11 is 0. The molecule has 2 N–H and O–H groups in total.